The highest BCUT2D eigenvalue weighted by atomic mass is 19.4. The number of hydrogen-bond acceptors (Lipinski definition) is 7. The van der Waals surface area contributed by atoms with Gasteiger partial charge in [0.05, 0.1) is 12.2 Å². The Morgan fingerprint density at radius 1 is 1.38 bits per heavy atom. The summed E-state index contributed by atoms with van der Waals surface area (Å²) in [5, 5.41) is 11.3. The van der Waals surface area contributed by atoms with E-state index in [0.29, 0.717) is 30.8 Å². The van der Waals surface area contributed by atoms with E-state index < -0.39 is 23.6 Å². The van der Waals surface area contributed by atoms with Gasteiger partial charge in [-0.15, -0.1) is 5.10 Å². The molecule has 1 aromatic heterocycles. The average Bonchev–Trinajstić information content (AvgIpc) is 3.03. The van der Waals surface area contributed by atoms with E-state index in [1.165, 1.54) is 12.1 Å². The van der Waals surface area contributed by atoms with Crippen molar-refractivity contribution >= 4 is 17.5 Å². The maximum absolute atomic E-state index is 12.8. The summed E-state index contributed by atoms with van der Waals surface area (Å²) in [7, 11) is 0. The van der Waals surface area contributed by atoms with E-state index in [4.69, 9.17) is 9.15 Å². The zero-order valence-electron chi connectivity index (χ0n) is 15.6. The second kappa shape index (κ2) is 7.68. The number of aryl methyl sites for hydroxylation is 1. The number of fused-ring (bicyclic) bond motifs is 1. The lowest BCUT2D eigenvalue weighted by atomic mass is 10.1. The molecule has 0 unspecified atom stereocenters. The Morgan fingerprint density at radius 3 is 2.79 bits per heavy atom. The summed E-state index contributed by atoms with van der Waals surface area (Å²) < 4.78 is 53.6. The van der Waals surface area contributed by atoms with Crippen LogP contribution in [-0.2, 0) is 11.2 Å². The number of carbonyl (C=O) groups excluding carboxylic acids is 1. The molecule has 0 aliphatic carbocycles. The number of amides is 1. The van der Waals surface area contributed by atoms with Crippen molar-refractivity contribution in [2.75, 3.05) is 17.2 Å². The van der Waals surface area contributed by atoms with Crippen LogP contribution in [0.5, 0.6) is 5.75 Å². The molecule has 2 aromatic rings. The molecule has 0 saturated heterocycles. The maximum atomic E-state index is 12.8. The lowest BCUT2D eigenvalue weighted by Gasteiger charge is -2.28. The zero-order chi connectivity index (χ0) is 21.2. The molecule has 0 spiro atoms. The number of benzene rings is 1. The molecule has 3 N–H and O–H groups in total. The molecule has 0 radical (unpaired) electrons. The monoisotopic (exact) mass is 416 g/mol. The van der Waals surface area contributed by atoms with E-state index in [1.54, 1.807) is 6.07 Å². The van der Waals surface area contributed by atoms with Gasteiger partial charge in [-0.05, 0) is 38.5 Å². The second-order valence-electron chi connectivity index (χ2n) is 6.90. The Balaban J connectivity index is 1.56. The Morgan fingerprint density at radius 2 is 2.14 bits per heavy atom. The maximum Gasteiger partial charge on any atom is 0.434 e. The molecule has 0 fully saturated rings. The first-order valence-electron chi connectivity index (χ1n) is 8.69. The third kappa shape index (κ3) is 5.00. The van der Waals surface area contributed by atoms with Crippen molar-refractivity contribution in [3.8, 4) is 5.75 Å². The average molecular weight is 416 g/mol. The van der Waals surface area contributed by atoms with E-state index in [1.807, 2.05) is 0 Å². The molecule has 1 amide bonds. The van der Waals surface area contributed by atoms with E-state index in [2.05, 4.69) is 25.6 Å². The first-order valence-corrected chi connectivity index (χ1v) is 8.69. The quantitative estimate of drug-likeness (QED) is 0.685. The number of halogens is 3. The molecule has 1 aliphatic heterocycles. The Kier molecular flexibility index (Phi) is 5.44. The highest BCUT2D eigenvalue weighted by Gasteiger charge is 2.51. The molecule has 0 saturated carbocycles. The van der Waals surface area contributed by atoms with Crippen molar-refractivity contribution in [2.45, 2.75) is 44.6 Å². The predicted octanol–water partition coefficient (Wildman–Crippen LogP) is 3.06. The van der Waals surface area contributed by atoms with Crippen LogP contribution in [0.15, 0.2) is 27.4 Å². The fourth-order valence-electron chi connectivity index (χ4n) is 2.54. The van der Waals surface area contributed by atoms with Crippen LogP contribution in [0.2, 0.25) is 0 Å². The summed E-state index contributed by atoms with van der Waals surface area (Å²) in [6.45, 7) is 1.98. The molecule has 0 bridgehead atoms. The van der Waals surface area contributed by atoms with Gasteiger partial charge in [0.2, 0.25) is 11.5 Å². The van der Waals surface area contributed by atoms with Crippen LogP contribution >= 0.6 is 0 Å². The molecule has 12 heteroatoms. The number of nitrogens with one attached hydrogen (secondary N) is 3. The fourth-order valence-corrected chi connectivity index (χ4v) is 2.54. The first kappa shape index (κ1) is 20.6. The van der Waals surface area contributed by atoms with E-state index in [9.17, 15) is 22.8 Å². The van der Waals surface area contributed by atoms with Crippen LogP contribution in [0.4, 0.5) is 29.3 Å². The van der Waals surface area contributed by atoms with Crippen molar-refractivity contribution in [3.05, 3.63) is 34.6 Å². The SMILES string of the molecule is CC(C)(OC(=O)Nc1ccc2c(c1)NC[C@H](CCc1n[nH]c(=O)o1)O2)C(F)(F)F. The van der Waals surface area contributed by atoms with Gasteiger partial charge in [0.1, 0.15) is 11.9 Å². The van der Waals surface area contributed by atoms with Crippen molar-refractivity contribution in [1.82, 2.24) is 10.2 Å². The van der Waals surface area contributed by atoms with Gasteiger partial charge in [-0.2, -0.15) is 13.2 Å². The summed E-state index contributed by atoms with van der Waals surface area (Å²) in [5.74, 6) is 0.175. The van der Waals surface area contributed by atoms with Crippen molar-refractivity contribution < 1.29 is 31.9 Å². The summed E-state index contributed by atoms with van der Waals surface area (Å²) in [5.41, 5.74) is -1.80. The van der Waals surface area contributed by atoms with Crippen molar-refractivity contribution in [2.24, 2.45) is 0 Å². The van der Waals surface area contributed by atoms with Crippen molar-refractivity contribution in [1.29, 1.82) is 0 Å². The van der Waals surface area contributed by atoms with E-state index >= 15 is 0 Å². The third-order valence-corrected chi connectivity index (χ3v) is 4.23. The zero-order valence-corrected chi connectivity index (χ0v) is 15.6. The molecular weight excluding hydrogens is 397 g/mol. The molecule has 158 valence electrons. The first-order chi connectivity index (χ1) is 13.5. The number of anilines is 2. The minimum Gasteiger partial charge on any atom is -0.486 e. The number of alkyl halides is 3. The Hall–Kier alpha value is -3.18. The van der Waals surface area contributed by atoms with Gasteiger partial charge in [0.25, 0.3) is 0 Å². The molecule has 29 heavy (non-hydrogen) atoms. The van der Waals surface area contributed by atoms with Gasteiger partial charge >= 0.3 is 18.0 Å². The molecule has 1 atom stereocenters. The van der Waals surface area contributed by atoms with Gasteiger partial charge in [-0.3, -0.25) is 5.32 Å². The smallest absolute Gasteiger partial charge is 0.434 e. The van der Waals surface area contributed by atoms with Crippen LogP contribution in [0.3, 0.4) is 0 Å². The number of aromatic nitrogens is 2. The predicted molar refractivity (Wildman–Crippen MR) is 95.0 cm³/mol. The van der Waals surface area contributed by atoms with Crippen LogP contribution < -0.4 is 21.1 Å². The van der Waals surface area contributed by atoms with Gasteiger partial charge in [-0.1, -0.05) is 0 Å². The molecule has 3 rings (SSSR count). The lowest BCUT2D eigenvalue weighted by Crippen LogP contribution is -2.44. The Bertz CT molecular complexity index is 938. The normalized spacial score (nSPS) is 16.4. The second-order valence-corrected chi connectivity index (χ2v) is 6.90. The van der Waals surface area contributed by atoms with Crippen molar-refractivity contribution in [3.63, 3.8) is 0 Å². The highest BCUT2D eigenvalue weighted by Crippen LogP contribution is 2.35. The van der Waals surface area contributed by atoms with Gasteiger partial charge in [0, 0.05) is 12.1 Å². The largest absolute Gasteiger partial charge is 0.486 e. The van der Waals surface area contributed by atoms with Gasteiger partial charge < -0.3 is 19.2 Å². The minimum atomic E-state index is -4.69. The summed E-state index contributed by atoms with van der Waals surface area (Å²) in [4.78, 5) is 22.7. The van der Waals surface area contributed by atoms with Crippen LogP contribution in [0.25, 0.3) is 0 Å². The number of nitrogens with zero attached hydrogens (tertiary/aromatic N) is 1. The molecule has 1 aliphatic rings. The number of aromatic amines is 1. The number of ether oxygens (including phenoxy) is 2. The van der Waals surface area contributed by atoms with Crippen LogP contribution in [0, 0.1) is 0 Å². The number of rotatable bonds is 5. The van der Waals surface area contributed by atoms with E-state index in [-0.39, 0.29) is 17.7 Å². The lowest BCUT2D eigenvalue weighted by molar-refractivity contribution is -0.242. The standard InChI is InChI=1S/C17H19F3N4O5/c1-16(2,17(18,19)20)29-14(25)22-9-3-5-12-11(7-9)21-8-10(27-12)4-6-13-23-24-15(26)28-13/h3,5,7,10,21H,4,6,8H2,1-2H3,(H,22,25)(H,24,26)/t10-/m0/s1. The summed E-state index contributed by atoms with van der Waals surface area (Å²) in [6, 6.07) is 4.59. The molecule has 9 nitrogen and oxygen atoms in total. The van der Waals surface area contributed by atoms with Crippen LogP contribution in [0.1, 0.15) is 26.2 Å². The highest BCUT2D eigenvalue weighted by molar-refractivity contribution is 5.86. The molecule has 1 aromatic carbocycles. The third-order valence-electron chi connectivity index (χ3n) is 4.23. The number of hydrogen-bond donors (Lipinski definition) is 3. The number of H-pyrrole nitrogens is 1. The minimum absolute atomic E-state index is 0.208. The van der Waals surface area contributed by atoms with Crippen LogP contribution in [-0.4, -0.2) is 40.7 Å². The fraction of sp³-hybridized carbons (Fsp3) is 0.471. The van der Waals surface area contributed by atoms with Gasteiger partial charge in [0.15, 0.2) is 0 Å². The summed E-state index contributed by atoms with van der Waals surface area (Å²) >= 11 is 0. The Labute approximate surface area is 162 Å². The number of carbonyl (C=O) groups is 1. The summed E-state index contributed by atoms with van der Waals surface area (Å²) in [6.07, 6.45) is -5.17. The molecule has 2 heterocycles. The van der Waals surface area contributed by atoms with E-state index in [0.717, 1.165) is 13.8 Å². The van der Waals surface area contributed by atoms with Gasteiger partial charge in [-0.25, -0.2) is 14.7 Å². The molecular formula is C17H19F3N4O5. The topological polar surface area (TPSA) is 118 Å².